The molecule has 0 aliphatic heterocycles. The topological polar surface area (TPSA) is 94.8 Å². The number of carbonyl (C=O) groups is 1. The Morgan fingerprint density at radius 1 is 1.20 bits per heavy atom. The number of amides is 1. The largest absolute Gasteiger partial charge is 0.497 e. The number of nitrogens with zero attached hydrogens (tertiary/aromatic N) is 5. The zero-order chi connectivity index (χ0) is 20.8. The van der Waals surface area contributed by atoms with E-state index in [0.717, 1.165) is 27.7 Å². The van der Waals surface area contributed by atoms with Crippen LogP contribution < -0.4 is 10.1 Å². The van der Waals surface area contributed by atoms with Crippen LogP contribution in [0.25, 0.3) is 16.9 Å². The van der Waals surface area contributed by atoms with Gasteiger partial charge in [0.1, 0.15) is 17.1 Å². The molecule has 3 aromatic heterocycles. The van der Waals surface area contributed by atoms with Crippen molar-refractivity contribution in [1.29, 1.82) is 0 Å². The van der Waals surface area contributed by atoms with Crippen LogP contribution in [0.5, 0.6) is 5.75 Å². The zero-order valence-electron chi connectivity index (χ0n) is 16.1. The van der Waals surface area contributed by atoms with Crippen molar-refractivity contribution < 1.29 is 9.53 Å². The first-order chi connectivity index (χ1) is 14.7. The van der Waals surface area contributed by atoms with Gasteiger partial charge in [-0.3, -0.25) is 14.3 Å². The third kappa shape index (κ3) is 4.84. The van der Waals surface area contributed by atoms with Crippen molar-refractivity contribution >= 4 is 29.0 Å². The van der Waals surface area contributed by atoms with Gasteiger partial charge in [-0.1, -0.05) is 11.8 Å². The first kappa shape index (κ1) is 20.0. The Labute approximate surface area is 181 Å². The number of nitrogens with one attached hydrogen (secondary N) is 1. The van der Waals surface area contributed by atoms with E-state index >= 15 is 0 Å². The number of carbonyl (C=O) groups excluding carboxylic acids is 1. The molecule has 0 aliphatic rings. The molecule has 10 heteroatoms. The van der Waals surface area contributed by atoms with E-state index in [1.807, 2.05) is 46.3 Å². The molecule has 0 radical (unpaired) electrons. The van der Waals surface area contributed by atoms with E-state index in [2.05, 4.69) is 25.5 Å². The molecule has 30 heavy (non-hydrogen) atoms. The minimum absolute atomic E-state index is 0.0926. The molecule has 152 valence electrons. The number of hydrogen-bond acceptors (Lipinski definition) is 8. The summed E-state index contributed by atoms with van der Waals surface area (Å²) in [5.74, 6) is 0.914. The van der Waals surface area contributed by atoms with Gasteiger partial charge in [-0.05, 0) is 36.4 Å². The second-order valence-electron chi connectivity index (χ2n) is 6.11. The minimum atomic E-state index is -0.0926. The molecule has 4 aromatic rings. The van der Waals surface area contributed by atoms with Gasteiger partial charge in [-0.15, -0.1) is 21.5 Å². The second kappa shape index (κ2) is 9.51. The van der Waals surface area contributed by atoms with Gasteiger partial charge < -0.3 is 10.1 Å². The van der Waals surface area contributed by atoms with Crippen molar-refractivity contribution in [3.05, 3.63) is 65.5 Å². The molecular formula is C20H18N6O2S2. The smallest absolute Gasteiger partial charge is 0.230 e. The molecule has 0 spiro atoms. The van der Waals surface area contributed by atoms with Crippen molar-refractivity contribution in [3.8, 4) is 22.7 Å². The SMILES string of the molecule is COc1ccc(-n2cnnc2SCC(=O)NCc2nc(-c3ccncc3)cs2)cc1. The molecule has 1 aromatic carbocycles. The fraction of sp³-hybridized carbons (Fsp3) is 0.150. The summed E-state index contributed by atoms with van der Waals surface area (Å²) in [5, 5.41) is 14.4. The van der Waals surface area contributed by atoms with Crippen LogP contribution >= 0.6 is 23.1 Å². The predicted octanol–water partition coefficient (Wildman–Crippen LogP) is 3.20. The van der Waals surface area contributed by atoms with Crippen LogP contribution in [0, 0.1) is 0 Å². The molecule has 0 saturated heterocycles. The highest BCUT2D eigenvalue weighted by atomic mass is 32.2. The van der Waals surface area contributed by atoms with Gasteiger partial charge >= 0.3 is 0 Å². The number of hydrogen-bond donors (Lipinski definition) is 1. The van der Waals surface area contributed by atoms with Crippen LogP contribution in [0.4, 0.5) is 0 Å². The van der Waals surface area contributed by atoms with Crippen molar-refractivity contribution in [3.63, 3.8) is 0 Å². The number of aromatic nitrogens is 5. The zero-order valence-corrected chi connectivity index (χ0v) is 17.7. The van der Waals surface area contributed by atoms with Gasteiger partial charge in [0.25, 0.3) is 0 Å². The lowest BCUT2D eigenvalue weighted by molar-refractivity contribution is -0.118. The third-order valence-corrected chi connectivity index (χ3v) is 5.96. The van der Waals surface area contributed by atoms with Crippen molar-refractivity contribution in [2.24, 2.45) is 0 Å². The molecule has 3 heterocycles. The van der Waals surface area contributed by atoms with Crippen LogP contribution in [0.2, 0.25) is 0 Å². The van der Waals surface area contributed by atoms with Gasteiger partial charge in [0.15, 0.2) is 5.16 Å². The molecule has 1 N–H and O–H groups in total. The molecule has 8 nitrogen and oxygen atoms in total. The number of methoxy groups -OCH3 is 1. The van der Waals surface area contributed by atoms with E-state index in [1.54, 1.807) is 25.8 Å². The van der Waals surface area contributed by atoms with Crippen LogP contribution in [0.15, 0.2) is 65.7 Å². The molecule has 0 aliphatic carbocycles. The Balaban J connectivity index is 1.31. The van der Waals surface area contributed by atoms with Gasteiger partial charge in [0.05, 0.1) is 25.1 Å². The van der Waals surface area contributed by atoms with Crippen molar-refractivity contribution in [2.75, 3.05) is 12.9 Å². The number of ether oxygens (including phenoxy) is 1. The van der Waals surface area contributed by atoms with Crippen LogP contribution in [-0.2, 0) is 11.3 Å². The summed E-state index contributed by atoms with van der Waals surface area (Å²) in [7, 11) is 1.62. The van der Waals surface area contributed by atoms with Crippen molar-refractivity contribution in [1.82, 2.24) is 30.0 Å². The molecule has 0 fully saturated rings. The number of pyridine rings is 1. The average Bonchev–Trinajstić information content (AvgIpc) is 3.47. The van der Waals surface area contributed by atoms with Gasteiger partial charge in [-0.2, -0.15) is 0 Å². The Kier molecular flexibility index (Phi) is 6.35. The quantitative estimate of drug-likeness (QED) is 0.422. The van der Waals surface area contributed by atoms with Gasteiger partial charge in [0, 0.05) is 29.0 Å². The Morgan fingerprint density at radius 3 is 2.77 bits per heavy atom. The van der Waals surface area contributed by atoms with E-state index in [1.165, 1.54) is 23.1 Å². The summed E-state index contributed by atoms with van der Waals surface area (Å²) in [6.45, 7) is 0.389. The normalized spacial score (nSPS) is 10.7. The summed E-state index contributed by atoms with van der Waals surface area (Å²) < 4.78 is 7.01. The summed E-state index contributed by atoms with van der Waals surface area (Å²) in [6, 6.07) is 11.4. The molecule has 0 saturated carbocycles. The van der Waals surface area contributed by atoms with Crippen molar-refractivity contribution in [2.45, 2.75) is 11.7 Å². The predicted molar refractivity (Wildman–Crippen MR) is 116 cm³/mol. The maximum absolute atomic E-state index is 12.3. The minimum Gasteiger partial charge on any atom is -0.497 e. The second-order valence-corrected chi connectivity index (χ2v) is 7.99. The molecule has 1 amide bonds. The Morgan fingerprint density at radius 2 is 2.00 bits per heavy atom. The van der Waals surface area contributed by atoms with Gasteiger partial charge in [-0.25, -0.2) is 4.98 Å². The standard InChI is InChI=1S/C20H18N6O2S2/c1-28-16-4-2-15(3-5-16)26-13-23-25-20(26)30-12-18(27)22-10-19-24-17(11-29-19)14-6-8-21-9-7-14/h2-9,11,13H,10,12H2,1H3,(H,22,27). The highest BCUT2D eigenvalue weighted by Gasteiger charge is 2.11. The number of rotatable bonds is 8. The first-order valence-corrected chi connectivity index (χ1v) is 10.9. The monoisotopic (exact) mass is 438 g/mol. The van der Waals surface area contributed by atoms with Crippen LogP contribution in [0.1, 0.15) is 5.01 Å². The number of thiazole rings is 1. The fourth-order valence-corrected chi connectivity index (χ4v) is 4.15. The Hall–Kier alpha value is -3.24. The van der Waals surface area contributed by atoms with Crippen LogP contribution in [-0.4, -0.2) is 43.5 Å². The van der Waals surface area contributed by atoms with E-state index in [-0.39, 0.29) is 11.7 Å². The van der Waals surface area contributed by atoms with E-state index in [0.29, 0.717) is 11.7 Å². The Bertz CT molecular complexity index is 1110. The lowest BCUT2D eigenvalue weighted by Crippen LogP contribution is -2.24. The van der Waals surface area contributed by atoms with E-state index < -0.39 is 0 Å². The maximum Gasteiger partial charge on any atom is 0.230 e. The van der Waals surface area contributed by atoms with Gasteiger partial charge in [0.2, 0.25) is 5.91 Å². The first-order valence-electron chi connectivity index (χ1n) is 9.01. The lowest BCUT2D eigenvalue weighted by atomic mass is 10.2. The van der Waals surface area contributed by atoms with E-state index in [9.17, 15) is 4.79 Å². The lowest BCUT2D eigenvalue weighted by Gasteiger charge is -2.07. The molecular weight excluding hydrogens is 420 g/mol. The van der Waals surface area contributed by atoms with E-state index in [4.69, 9.17) is 4.74 Å². The summed E-state index contributed by atoms with van der Waals surface area (Å²) >= 11 is 2.84. The number of thioether (sulfide) groups is 1. The molecule has 0 atom stereocenters. The third-order valence-electron chi connectivity index (χ3n) is 4.16. The highest BCUT2D eigenvalue weighted by molar-refractivity contribution is 7.99. The summed E-state index contributed by atoms with van der Waals surface area (Å²) in [5.41, 5.74) is 2.79. The average molecular weight is 439 g/mol. The highest BCUT2D eigenvalue weighted by Crippen LogP contribution is 2.22. The molecule has 4 rings (SSSR count). The number of benzene rings is 1. The fourth-order valence-electron chi connectivity index (χ4n) is 2.65. The van der Waals surface area contributed by atoms with Crippen LogP contribution in [0.3, 0.4) is 0 Å². The summed E-state index contributed by atoms with van der Waals surface area (Å²) in [4.78, 5) is 20.9. The molecule has 0 bridgehead atoms. The summed E-state index contributed by atoms with van der Waals surface area (Å²) in [6.07, 6.45) is 5.09. The maximum atomic E-state index is 12.3. The molecule has 0 unspecified atom stereocenters.